The second-order valence-electron chi connectivity index (χ2n) is 5.11. The highest BCUT2D eigenvalue weighted by Crippen LogP contribution is 2.19. The van der Waals surface area contributed by atoms with Gasteiger partial charge in [-0.3, -0.25) is 4.79 Å². The van der Waals surface area contributed by atoms with Gasteiger partial charge in [0.25, 0.3) is 5.56 Å². The van der Waals surface area contributed by atoms with Crippen molar-refractivity contribution in [1.82, 2.24) is 9.55 Å². The Kier molecular flexibility index (Phi) is 4.18. The van der Waals surface area contributed by atoms with Crippen molar-refractivity contribution in [3.05, 3.63) is 60.9 Å². The van der Waals surface area contributed by atoms with E-state index in [0.29, 0.717) is 16.8 Å². The van der Waals surface area contributed by atoms with Crippen LogP contribution in [0, 0.1) is 32.1 Å². The molecule has 1 aromatic heterocycles. The summed E-state index contributed by atoms with van der Waals surface area (Å²) in [4.78, 5) is 39.1. The Morgan fingerprint density at radius 1 is 1.26 bits per heavy atom. The minimum atomic E-state index is -0.712. The van der Waals surface area contributed by atoms with E-state index in [0.717, 1.165) is 4.57 Å². The lowest BCUT2D eigenvalue weighted by molar-refractivity contribution is 0.0600. The molecule has 0 spiro atoms. The molecule has 0 unspecified atom stereocenters. The number of carbonyl (C=O) groups excluding carboxylic acids is 1. The third-order valence-corrected chi connectivity index (χ3v) is 3.69. The van der Waals surface area contributed by atoms with Crippen LogP contribution in [0.25, 0.3) is 5.69 Å². The molecule has 2 rings (SSSR count). The molecule has 0 aliphatic rings. The Labute approximate surface area is 131 Å². The number of H-pyrrole nitrogens is 1. The monoisotopic (exact) mass is 313 g/mol. The molecule has 0 radical (unpaired) electrons. The topological polar surface area (TPSA) is 105 Å². The number of aryl methyl sites for hydroxylation is 2. The molecule has 7 nitrogen and oxygen atoms in total. The van der Waals surface area contributed by atoms with Gasteiger partial charge in [-0.1, -0.05) is 0 Å². The van der Waals surface area contributed by atoms with Crippen molar-refractivity contribution < 1.29 is 9.53 Å². The summed E-state index contributed by atoms with van der Waals surface area (Å²) in [6.07, 6.45) is 0. The van der Waals surface area contributed by atoms with Gasteiger partial charge in [-0.05, 0) is 38.5 Å². The number of nitrogens with one attached hydrogen (secondary N) is 1. The number of nitrogens with zero attached hydrogens (tertiary/aromatic N) is 2. The van der Waals surface area contributed by atoms with Crippen molar-refractivity contribution in [3.8, 4) is 11.8 Å². The quantitative estimate of drug-likeness (QED) is 0.836. The predicted octanol–water partition coefficient (Wildman–Crippen LogP) is 1.11. The number of methoxy groups -OCH3 is 1. The molecule has 0 bridgehead atoms. The molecule has 1 N–H and O–H groups in total. The van der Waals surface area contributed by atoms with E-state index in [4.69, 9.17) is 5.26 Å². The van der Waals surface area contributed by atoms with Crippen LogP contribution in [0.4, 0.5) is 0 Å². The van der Waals surface area contributed by atoms with Crippen LogP contribution in [-0.2, 0) is 4.74 Å². The molecule has 23 heavy (non-hydrogen) atoms. The Bertz CT molecular complexity index is 961. The number of rotatable bonds is 2. The van der Waals surface area contributed by atoms with Gasteiger partial charge in [0, 0.05) is 11.3 Å². The van der Waals surface area contributed by atoms with Crippen molar-refractivity contribution in [1.29, 1.82) is 5.26 Å². The summed E-state index contributed by atoms with van der Waals surface area (Å²) in [6, 6.07) is 4.68. The van der Waals surface area contributed by atoms with Crippen molar-refractivity contribution in [2.24, 2.45) is 0 Å². The zero-order valence-corrected chi connectivity index (χ0v) is 13.2. The number of carbonyl (C=O) groups is 1. The SMILES string of the molecule is COC(=O)c1cc(-n2c(=O)[nH]c(C)c(C)c2=O)c(C)cc1C#N. The molecule has 2 aromatic rings. The van der Waals surface area contributed by atoms with Gasteiger partial charge in [-0.2, -0.15) is 5.26 Å². The number of benzene rings is 1. The molecule has 0 saturated carbocycles. The Balaban J connectivity index is 2.89. The molecule has 0 aliphatic carbocycles. The van der Waals surface area contributed by atoms with Crippen molar-refractivity contribution in [3.63, 3.8) is 0 Å². The largest absolute Gasteiger partial charge is 0.465 e. The van der Waals surface area contributed by atoms with Crippen LogP contribution in [0.15, 0.2) is 21.7 Å². The van der Waals surface area contributed by atoms with Crippen LogP contribution in [-0.4, -0.2) is 22.6 Å². The van der Waals surface area contributed by atoms with Crippen LogP contribution in [0.1, 0.15) is 32.7 Å². The van der Waals surface area contributed by atoms with Crippen LogP contribution >= 0.6 is 0 Å². The van der Waals surface area contributed by atoms with Crippen LogP contribution in [0.2, 0.25) is 0 Å². The lowest BCUT2D eigenvalue weighted by Gasteiger charge is -2.12. The zero-order valence-electron chi connectivity index (χ0n) is 13.2. The maximum Gasteiger partial charge on any atom is 0.339 e. The lowest BCUT2D eigenvalue weighted by Crippen LogP contribution is -2.36. The number of ether oxygens (including phenoxy) is 1. The van der Waals surface area contributed by atoms with Crippen LogP contribution in [0.3, 0.4) is 0 Å². The number of nitriles is 1. The van der Waals surface area contributed by atoms with E-state index in [2.05, 4.69) is 9.72 Å². The molecule has 1 heterocycles. The lowest BCUT2D eigenvalue weighted by atomic mass is 10.0. The van der Waals surface area contributed by atoms with E-state index < -0.39 is 17.2 Å². The van der Waals surface area contributed by atoms with Crippen molar-refractivity contribution >= 4 is 5.97 Å². The second kappa shape index (κ2) is 5.93. The molecule has 0 saturated heterocycles. The third-order valence-electron chi connectivity index (χ3n) is 3.69. The van der Waals surface area contributed by atoms with Gasteiger partial charge < -0.3 is 9.72 Å². The number of aromatic amines is 1. The molecule has 118 valence electrons. The van der Waals surface area contributed by atoms with Gasteiger partial charge in [-0.25, -0.2) is 14.2 Å². The Morgan fingerprint density at radius 2 is 1.91 bits per heavy atom. The molecule has 0 amide bonds. The van der Waals surface area contributed by atoms with Crippen molar-refractivity contribution in [2.75, 3.05) is 7.11 Å². The third kappa shape index (κ3) is 2.66. The highest BCUT2D eigenvalue weighted by atomic mass is 16.5. The van der Waals surface area contributed by atoms with Crippen molar-refractivity contribution in [2.45, 2.75) is 20.8 Å². The van der Waals surface area contributed by atoms with Gasteiger partial charge in [0.15, 0.2) is 0 Å². The summed E-state index contributed by atoms with van der Waals surface area (Å²) in [5, 5.41) is 9.14. The second-order valence-corrected chi connectivity index (χ2v) is 5.11. The average Bonchev–Trinajstić information content (AvgIpc) is 2.53. The van der Waals surface area contributed by atoms with E-state index in [1.165, 1.54) is 19.2 Å². The van der Waals surface area contributed by atoms with Crippen LogP contribution in [0.5, 0.6) is 0 Å². The minimum absolute atomic E-state index is 0.000119. The van der Waals surface area contributed by atoms with E-state index in [1.807, 2.05) is 6.07 Å². The summed E-state index contributed by atoms with van der Waals surface area (Å²) < 4.78 is 5.60. The summed E-state index contributed by atoms with van der Waals surface area (Å²) in [5.74, 6) is -0.712. The highest BCUT2D eigenvalue weighted by Gasteiger charge is 2.18. The first-order valence-electron chi connectivity index (χ1n) is 6.77. The normalized spacial score (nSPS) is 10.2. The highest BCUT2D eigenvalue weighted by molar-refractivity contribution is 5.93. The molecule has 7 heteroatoms. The molecular weight excluding hydrogens is 298 g/mol. The molecule has 1 aromatic carbocycles. The number of hydrogen-bond acceptors (Lipinski definition) is 5. The van der Waals surface area contributed by atoms with Gasteiger partial charge in [-0.15, -0.1) is 0 Å². The number of aromatic nitrogens is 2. The predicted molar refractivity (Wildman–Crippen MR) is 82.9 cm³/mol. The fourth-order valence-corrected chi connectivity index (χ4v) is 2.26. The molecule has 0 aliphatic heterocycles. The summed E-state index contributed by atoms with van der Waals surface area (Å²) >= 11 is 0. The fourth-order valence-electron chi connectivity index (χ4n) is 2.26. The van der Waals surface area contributed by atoms with E-state index >= 15 is 0 Å². The summed E-state index contributed by atoms with van der Waals surface area (Å²) in [7, 11) is 1.19. The van der Waals surface area contributed by atoms with Crippen LogP contribution < -0.4 is 11.2 Å². The smallest absolute Gasteiger partial charge is 0.339 e. The average molecular weight is 313 g/mol. The van der Waals surface area contributed by atoms with Gasteiger partial charge >= 0.3 is 11.7 Å². The first-order chi connectivity index (χ1) is 10.8. The molecule has 0 atom stereocenters. The maximum absolute atomic E-state index is 12.4. The van der Waals surface area contributed by atoms with Gasteiger partial charge in [0.1, 0.15) is 6.07 Å². The van der Waals surface area contributed by atoms with E-state index in [1.54, 1.807) is 20.8 Å². The first kappa shape index (κ1) is 16.2. The van der Waals surface area contributed by atoms with E-state index in [9.17, 15) is 14.4 Å². The maximum atomic E-state index is 12.4. The first-order valence-corrected chi connectivity index (χ1v) is 6.77. The molecule has 0 fully saturated rings. The summed E-state index contributed by atoms with van der Waals surface area (Å²) in [6.45, 7) is 4.89. The Hall–Kier alpha value is -3.14. The molecular formula is C16H15N3O4. The standard InChI is InChI=1S/C16H15N3O4/c1-8-5-11(7-17)12(15(21)23-4)6-13(8)19-14(20)9(2)10(3)18-16(19)22/h5-6H,1-4H3,(H,18,22). The number of esters is 1. The zero-order chi connectivity index (χ0) is 17.3. The Morgan fingerprint density at radius 3 is 2.48 bits per heavy atom. The van der Waals surface area contributed by atoms with E-state index in [-0.39, 0.29) is 16.8 Å². The minimum Gasteiger partial charge on any atom is -0.465 e. The number of hydrogen-bond donors (Lipinski definition) is 1. The summed E-state index contributed by atoms with van der Waals surface area (Å²) in [5.41, 5.74) is 0.663. The fraction of sp³-hybridized carbons (Fsp3) is 0.250. The van der Waals surface area contributed by atoms with Gasteiger partial charge in [0.2, 0.25) is 0 Å². The van der Waals surface area contributed by atoms with Gasteiger partial charge in [0.05, 0.1) is 23.9 Å².